The summed E-state index contributed by atoms with van der Waals surface area (Å²) < 4.78 is 5.89. The first-order chi connectivity index (χ1) is 11.6. The summed E-state index contributed by atoms with van der Waals surface area (Å²) in [5.74, 6) is 0. The van der Waals surface area contributed by atoms with Crippen LogP contribution in [0.5, 0.6) is 0 Å². The van der Waals surface area contributed by atoms with Crippen molar-refractivity contribution in [2.75, 3.05) is 6.61 Å². The molecule has 0 aliphatic carbocycles. The van der Waals surface area contributed by atoms with Gasteiger partial charge in [0.15, 0.2) is 8.32 Å². The third kappa shape index (κ3) is 22.2. The molecular weight excluding hydrogens is 308 g/mol. The molecule has 0 N–H and O–H groups in total. The molecule has 0 aromatic heterocycles. The standard InChI is InChI=1S/C22H48OSi/c1-5-6-7-8-9-10-11-12-13-14-15-16-17-18-19-20-21-22-23-24(2,3)4/h5-22H2,1-4H3. The first-order valence-electron chi connectivity index (χ1n) is 11.2. The normalized spacial score (nSPS) is 12.0. The van der Waals surface area contributed by atoms with Crippen molar-refractivity contribution < 1.29 is 4.43 Å². The maximum atomic E-state index is 5.89. The highest BCUT2D eigenvalue weighted by Crippen LogP contribution is 2.14. The molecule has 0 aromatic carbocycles. The van der Waals surface area contributed by atoms with Gasteiger partial charge in [0.25, 0.3) is 0 Å². The number of rotatable bonds is 19. The highest BCUT2D eigenvalue weighted by atomic mass is 28.4. The summed E-state index contributed by atoms with van der Waals surface area (Å²) in [5.41, 5.74) is 0. The molecule has 0 heterocycles. The van der Waals surface area contributed by atoms with Gasteiger partial charge < -0.3 is 4.43 Å². The van der Waals surface area contributed by atoms with Crippen LogP contribution in [0.1, 0.15) is 116 Å². The molecule has 0 radical (unpaired) electrons. The Morgan fingerprint density at radius 2 is 0.750 bits per heavy atom. The molecule has 0 saturated heterocycles. The molecule has 2 heteroatoms. The van der Waals surface area contributed by atoms with Crippen LogP contribution in [0.2, 0.25) is 19.6 Å². The molecule has 0 bridgehead atoms. The predicted molar refractivity (Wildman–Crippen MR) is 113 cm³/mol. The highest BCUT2D eigenvalue weighted by Gasteiger charge is 2.12. The second-order valence-corrected chi connectivity index (χ2v) is 13.1. The van der Waals surface area contributed by atoms with E-state index in [0.29, 0.717) is 0 Å². The van der Waals surface area contributed by atoms with E-state index in [1.54, 1.807) is 0 Å². The zero-order valence-electron chi connectivity index (χ0n) is 17.6. The lowest BCUT2D eigenvalue weighted by Crippen LogP contribution is -2.25. The lowest BCUT2D eigenvalue weighted by Gasteiger charge is -2.16. The van der Waals surface area contributed by atoms with Crippen LogP contribution in [-0.4, -0.2) is 14.9 Å². The van der Waals surface area contributed by atoms with Crippen LogP contribution in [0, 0.1) is 0 Å². The average molecular weight is 357 g/mol. The molecule has 0 aliphatic rings. The Labute approximate surface area is 155 Å². The largest absolute Gasteiger partial charge is 0.418 e. The summed E-state index contributed by atoms with van der Waals surface area (Å²) in [4.78, 5) is 0. The molecule has 0 fully saturated rings. The Balaban J connectivity index is 3.00. The van der Waals surface area contributed by atoms with E-state index in [1.165, 1.54) is 109 Å². The minimum Gasteiger partial charge on any atom is -0.418 e. The average Bonchev–Trinajstić information content (AvgIpc) is 2.52. The van der Waals surface area contributed by atoms with Crippen molar-refractivity contribution in [1.82, 2.24) is 0 Å². The lowest BCUT2D eigenvalue weighted by molar-refractivity contribution is 0.298. The van der Waals surface area contributed by atoms with Crippen molar-refractivity contribution in [2.45, 2.75) is 136 Å². The molecular formula is C22H48OSi. The lowest BCUT2D eigenvalue weighted by atomic mass is 10.0. The van der Waals surface area contributed by atoms with E-state index in [4.69, 9.17) is 4.43 Å². The van der Waals surface area contributed by atoms with Gasteiger partial charge in [0.05, 0.1) is 0 Å². The summed E-state index contributed by atoms with van der Waals surface area (Å²) in [5, 5.41) is 0. The van der Waals surface area contributed by atoms with Crippen LogP contribution < -0.4 is 0 Å². The van der Waals surface area contributed by atoms with Crippen molar-refractivity contribution >= 4 is 8.32 Å². The van der Waals surface area contributed by atoms with Crippen molar-refractivity contribution in [2.24, 2.45) is 0 Å². The molecule has 0 atom stereocenters. The van der Waals surface area contributed by atoms with Crippen molar-refractivity contribution in [3.8, 4) is 0 Å². The quantitative estimate of drug-likeness (QED) is 0.166. The third-order valence-corrected chi connectivity index (χ3v) is 5.85. The fraction of sp³-hybridized carbons (Fsp3) is 1.00. The predicted octanol–water partition coefficient (Wildman–Crippen LogP) is 8.49. The highest BCUT2D eigenvalue weighted by molar-refractivity contribution is 6.69. The Kier molecular flexibility index (Phi) is 18.1. The monoisotopic (exact) mass is 356 g/mol. The minimum absolute atomic E-state index is 0.994. The molecule has 1 nitrogen and oxygen atoms in total. The molecule has 0 aliphatic heterocycles. The van der Waals surface area contributed by atoms with E-state index >= 15 is 0 Å². The van der Waals surface area contributed by atoms with Crippen molar-refractivity contribution in [1.29, 1.82) is 0 Å². The number of unbranched alkanes of at least 4 members (excludes halogenated alkanes) is 16. The third-order valence-electron chi connectivity index (χ3n) is 4.78. The van der Waals surface area contributed by atoms with Gasteiger partial charge in [-0.1, -0.05) is 110 Å². The van der Waals surface area contributed by atoms with E-state index in [2.05, 4.69) is 26.6 Å². The minimum atomic E-state index is -1.27. The second-order valence-electron chi connectivity index (χ2n) is 8.62. The maximum absolute atomic E-state index is 5.89. The van der Waals surface area contributed by atoms with Crippen LogP contribution in [0.15, 0.2) is 0 Å². The van der Waals surface area contributed by atoms with Crippen LogP contribution in [-0.2, 0) is 4.43 Å². The van der Waals surface area contributed by atoms with Gasteiger partial charge in [-0.25, -0.2) is 0 Å². The molecule has 0 aromatic rings. The van der Waals surface area contributed by atoms with Gasteiger partial charge >= 0.3 is 0 Å². The smallest absolute Gasteiger partial charge is 0.183 e. The van der Waals surface area contributed by atoms with E-state index in [1.807, 2.05) is 0 Å². The van der Waals surface area contributed by atoms with Crippen LogP contribution in [0.4, 0.5) is 0 Å². The Hall–Kier alpha value is 0.177. The summed E-state index contributed by atoms with van der Waals surface area (Å²) >= 11 is 0. The second kappa shape index (κ2) is 18.0. The molecule has 0 saturated carbocycles. The van der Waals surface area contributed by atoms with Gasteiger partial charge in [0, 0.05) is 6.61 Å². The van der Waals surface area contributed by atoms with Gasteiger partial charge in [-0.05, 0) is 26.1 Å². The first kappa shape index (κ1) is 24.2. The maximum Gasteiger partial charge on any atom is 0.183 e. The molecule has 0 unspecified atom stereocenters. The fourth-order valence-electron chi connectivity index (χ4n) is 3.21. The van der Waals surface area contributed by atoms with Gasteiger partial charge in [-0.3, -0.25) is 0 Å². The fourth-order valence-corrected chi connectivity index (χ4v) is 3.96. The van der Waals surface area contributed by atoms with Gasteiger partial charge in [-0.2, -0.15) is 0 Å². The van der Waals surface area contributed by atoms with E-state index in [0.717, 1.165) is 6.61 Å². The zero-order valence-corrected chi connectivity index (χ0v) is 18.6. The molecule has 0 spiro atoms. The Morgan fingerprint density at radius 3 is 1.04 bits per heavy atom. The van der Waals surface area contributed by atoms with Crippen molar-refractivity contribution in [3.63, 3.8) is 0 Å². The number of hydrogen-bond donors (Lipinski definition) is 0. The van der Waals surface area contributed by atoms with Crippen LogP contribution in [0.25, 0.3) is 0 Å². The summed E-state index contributed by atoms with van der Waals surface area (Å²) in [6.07, 6.45) is 24.4. The molecule has 0 rings (SSSR count). The van der Waals surface area contributed by atoms with Gasteiger partial charge in [0.2, 0.25) is 0 Å². The summed E-state index contributed by atoms with van der Waals surface area (Å²) in [6.45, 7) is 10.1. The Bertz CT molecular complexity index is 235. The van der Waals surface area contributed by atoms with Gasteiger partial charge in [-0.15, -0.1) is 0 Å². The first-order valence-corrected chi connectivity index (χ1v) is 14.6. The number of hydrogen-bond acceptors (Lipinski definition) is 1. The molecule has 146 valence electrons. The molecule has 0 amide bonds. The van der Waals surface area contributed by atoms with Crippen molar-refractivity contribution in [3.05, 3.63) is 0 Å². The van der Waals surface area contributed by atoms with E-state index in [-0.39, 0.29) is 0 Å². The SMILES string of the molecule is CCCCCCCCCCCCCCCCCCCO[Si](C)(C)C. The zero-order chi connectivity index (χ0) is 17.9. The van der Waals surface area contributed by atoms with Crippen LogP contribution >= 0.6 is 0 Å². The van der Waals surface area contributed by atoms with Gasteiger partial charge in [0.1, 0.15) is 0 Å². The van der Waals surface area contributed by atoms with E-state index in [9.17, 15) is 0 Å². The summed E-state index contributed by atoms with van der Waals surface area (Å²) in [7, 11) is -1.27. The summed E-state index contributed by atoms with van der Waals surface area (Å²) in [6, 6.07) is 0. The van der Waals surface area contributed by atoms with Crippen LogP contribution in [0.3, 0.4) is 0 Å². The topological polar surface area (TPSA) is 9.23 Å². The Morgan fingerprint density at radius 1 is 0.458 bits per heavy atom. The van der Waals surface area contributed by atoms with E-state index < -0.39 is 8.32 Å². The molecule has 24 heavy (non-hydrogen) atoms.